The third kappa shape index (κ3) is 8.99. The quantitative estimate of drug-likeness (QED) is 0.149. The Morgan fingerprint density at radius 1 is 0.204 bits per heavy atom. The van der Waals surface area contributed by atoms with Gasteiger partial charge < -0.3 is 8.83 Å². The molecule has 23 aromatic rings. The third-order valence-electron chi connectivity index (χ3n) is 23.6. The van der Waals surface area contributed by atoms with Crippen LogP contribution in [-0.2, 0) is 0 Å². The molecule has 4 aromatic heterocycles. The Kier molecular flexibility index (Phi) is 12.9. The van der Waals surface area contributed by atoms with E-state index in [4.69, 9.17) is 8.83 Å². The monoisotopic (exact) mass is 1400 g/mol. The Bertz CT molecular complexity index is 8010. The molecular weight excluding hydrogens is 1350 g/mol. The molecule has 19 aromatic carbocycles. The molecule has 1 aliphatic carbocycles. The van der Waals surface area contributed by atoms with Crippen molar-refractivity contribution in [3.05, 3.63) is 338 Å². The van der Waals surface area contributed by atoms with E-state index >= 15 is 0 Å². The van der Waals surface area contributed by atoms with Crippen molar-refractivity contribution in [2.45, 2.75) is 12.8 Å². The van der Waals surface area contributed by atoms with Crippen molar-refractivity contribution in [3.8, 4) is 77.9 Å². The highest BCUT2D eigenvalue weighted by molar-refractivity contribution is 7.26. The summed E-state index contributed by atoms with van der Waals surface area (Å²) in [6.07, 6.45) is 6.99. The fraction of sp³-hybridized carbons (Fsp3) is 0.0192. The predicted molar refractivity (Wildman–Crippen MR) is 465 cm³/mol. The number of hydrogen-bond donors (Lipinski definition) is 0. The first-order chi connectivity index (χ1) is 53.5. The first-order valence-corrected chi connectivity index (χ1v) is 39.0. The van der Waals surface area contributed by atoms with Gasteiger partial charge in [0.15, 0.2) is 0 Å². The molecule has 24 rings (SSSR count). The fourth-order valence-corrected chi connectivity index (χ4v) is 21.0. The van der Waals surface area contributed by atoms with Crippen LogP contribution in [0.15, 0.2) is 336 Å². The summed E-state index contributed by atoms with van der Waals surface area (Å²) in [5, 5.41) is 29.4. The summed E-state index contributed by atoms with van der Waals surface area (Å²) >= 11 is 3.74. The Balaban J connectivity index is 0.657. The highest BCUT2D eigenvalue weighted by Crippen LogP contribution is 2.50. The number of furan rings is 2. The smallest absolute Gasteiger partial charge is 0.143 e. The molecule has 4 heteroatoms. The topological polar surface area (TPSA) is 26.3 Å². The molecule has 0 atom stereocenters. The minimum atomic E-state index is 0.880. The Morgan fingerprint density at radius 3 is 1.48 bits per heavy atom. The summed E-state index contributed by atoms with van der Waals surface area (Å²) < 4.78 is 18.9. The van der Waals surface area contributed by atoms with Gasteiger partial charge in [0.25, 0.3) is 0 Å². The van der Waals surface area contributed by atoms with Gasteiger partial charge in [0.2, 0.25) is 0 Å². The van der Waals surface area contributed by atoms with Gasteiger partial charge in [-0.15, -0.1) is 22.7 Å². The minimum absolute atomic E-state index is 0.880. The van der Waals surface area contributed by atoms with Crippen molar-refractivity contribution in [3.63, 3.8) is 0 Å². The molecule has 0 fully saturated rings. The van der Waals surface area contributed by atoms with Crippen LogP contribution in [0.1, 0.15) is 12.8 Å². The van der Waals surface area contributed by atoms with Crippen LogP contribution in [0, 0.1) is 0 Å². The summed E-state index contributed by atoms with van der Waals surface area (Å²) in [5.74, 6) is 0. The second-order valence-electron chi connectivity index (χ2n) is 29.4. The zero-order valence-electron chi connectivity index (χ0n) is 58.4. The normalized spacial score (nSPS) is 12.7. The fourth-order valence-electron chi connectivity index (χ4n) is 18.7. The molecule has 0 unspecified atom stereocenters. The second-order valence-corrected chi connectivity index (χ2v) is 31.6. The van der Waals surface area contributed by atoms with Gasteiger partial charge >= 0.3 is 0 Å². The van der Waals surface area contributed by atoms with Crippen molar-refractivity contribution >= 4 is 194 Å². The Hall–Kier alpha value is -13.2. The molecule has 0 radical (unpaired) electrons. The highest BCUT2D eigenvalue weighted by Gasteiger charge is 2.24. The molecule has 1 aliphatic rings. The average Bonchev–Trinajstić information content (AvgIpc) is 0.876. The summed E-state index contributed by atoms with van der Waals surface area (Å²) in [6, 6.07) is 123. The first-order valence-electron chi connectivity index (χ1n) is 37.4. The molecular formula is C104H60O2S2. The Morgan fingerprint density at radius 2 is 0.713 bits per heavy atom. The van der Waals surface area contributed by atoms with Gasteiger partial charge in [0, 0.05) is 67.5 Å². The van der Waals surface area contributed by atoms with E-state index in [1.54, 1.807) is 0 Å². The molecule has 2 nitrogen and oxygen atoms in total. The van der Waals surface area contributed by atoms with E-state index in [0.717, 1.165) is 79.0 Å². The van der Waals surface area contributed by atoms with Crippen molar-refractivity contribution in [1.29, 1.82) is 0 Å². The van der Waals surface area contributed by atoms with E-state index in [2.05, 4.69) is 340 Å². The van der Waals surface area contributed by atoms with Gasteiger partial charge in [-0.25, -0.2) is 0 Å². The van der Waals surface area contributed by atoms with Crippen LogP contribution >= 0.6 is 22.7 Å². The standard InChI is InChI=1S/C104H60O2S2/c1-2-26-71-59(19-1)20-17-37-74(71)101-80-32-7-3-28-76(80)100(77-29-4-8-33-81(77)101)67-25-16-22-61(48-67)68-51-86(104-91(54-68)87-52-70-57-98-88(53-69(70)55-94(87)106-104)73-27-12-14-40-95(73)107-98)64-41-44-72-63(49-64)23-18-38-75(72)102-82-34-9-5-30-78(82)99(79-31-6-10-35-83(79)102)66-24-15-21-60(47-66)62-43-46-96-89(50-62)90-58-85-65(56-97(90)108-96)42-45-93-103(85)84-36-11-13-39-92(84)105-93/h1-3,5-7,9-58H,4,8H2. The number of benzene rings is 19. The first kappa shape index (κ1) is 60.1. The van der Waals surface area contributed by atoms with E-state index in [1.807, 2.05) is 22.7 Å². The second kappa shape index (κ2) is 23.1. The van der Waals surface area contributed by atoms with Crippen LogP contribution in [0.2, 0.25) is 0 Å². The lowest BCUT2D eigenvalue weighted by atomic mass is 9.84. The number of fused-ring (bicyclic) bond motifs is 21. The molecule has 0 amide bonds. The maximum Gasteiger partial charge on any atom is 0.143 e. The van der Waals surface area contributed by atoms with Gasteiger partial charge in [-0.2, -0.15) is 0 Å². The molecule has 4 heterocycles. The Labute approximate surface area is 627 Å². The lowest BCUT2D eigenvalue weighted by Gasteiger charge is -2.19. The minimum Gasteiger partial charge on any atom is -0.456 e. The van der Waals surface area contributed by atoms with E-state index in [-0.39, 0.29) is 0 Å². The lowest BCUT2D eigenvalue weighted by molar-refractivity contribution is 0.669. The molecule has 108 heavy (non-hydrogen) atoms. The summed E-state index contributed by atoms with van der Waals surface area (Å²) in [6.45, 7) is 0. The van der Waals surface area contributed by atoms with E-state index in [9.17, 15) is 0 Å². The van der Waals surface area contributed by atoms with Crippen LogP contribution in [0.4, 0.5) is 0 Å². The number of para-hydroxylation sites is 1. The maximum absolute atomic E-state index is 7.33. The summed E-state index contributed by atoms with van der Waals surface area (Å²) in [4.78, 5) is 0. The summed E-state index contributed by atoms with van der Waals surface area (Å²) in [5.41, 5.74) is 20.4. The highest BCUT2D eigenvalue weighted by atomic mass is 32.1. The maximum atomic E-state index is 7.33. The molecule has 0 N–H and O–H groups in total. The van der Waals surface area contributed by atoms with Gasteiger partial charge in [-0.3, -0.25) is 0 Å². The van der Waals surface area contributed by atoms with Gasteiger partial charge in [-0.05, 0) is 268 Å². The van der Waals surface area contributed by atoms with Crippen LogP contribution in [0.25, 0.3) is 250 Å². The van der Waals surface area contributed by atoms with Gasteiger partial charge in [0.1, 0.15) is 22.3 Å². The van der Waals surface area contributed by atoms with E-state index < -0.39 is 0 Å². The van der Waals surface area contributed by atoms with Crippen LogP contribution < -0.4 is 10.4 Å². The van der Waals surface area contributed by atoms with E-state index in [1.165, 1.54) is 182 Å². The average molecular weight is 1410 g/mol. The number of hydrogen-bond acceptors (Lipinski definition) is 4. The van der Waals surface area contributed by atoms with Crippen molar-refractivity contribution in [2.75, 3.05) is 0 Å². The van der Waals surface area contributed by atoms with Crippen molar-refractivity contribution < 1.29 is 8.83 Å². The van der Waals surface area contributed by atoms with Crippen LogP contribution in [-0.4, -0.2) is 0 Å². The molecule has 500 valence electrons. The predicted octanol–water partition coefficient (Wildman–Crippen LogP) is 29.3. The number of thiophene rings is 2. The molecule has 0 bridgehead atoms. The molecule has 0 saturated carbocycles. The van der Waals surface area contributed by atoms with Crippen LogP contribution in [0.5, 0.6) is 0 Å². The third-order valence-corrected chi connectivity index (χ3v) is 25.8. The molecule has 0 aliphatic heterocycles. The lowest BCUT2D eigenvalue weighted by Crippen LogP contribution is -2.31. The van der Waals surface area contributed by atoms with Crippen molar-refractivity contribution in [2.24, 2.45) is 0 Å². The largest absolute Gasteiger partial charge is 0.456 e. The van der Waals surface area contributed by atoms with Gasteiger partial charge in [-0.1, -0.05) is 243 Å². The van der Waals surface area contributed by atoms with Crippen molar-refractivity contribution in [1.82, 2.24) is 0 Å². The SMILES string of the molecule is C1=c2c(-c3cccc(-c4cc(-c5ccc6c(-c7c8ccccc8c(-c8cccc(-c9ccc%10sc%11cc%12ccc%13oc%14ccccc%14c%13c%12cc%11c%10c9)c8)c8ccccc78)cccc6c5)c5oc6cc7cc8c(cc7cc6c5c4)sc4ccccc48)c3)c3ccccc3c(-c3cccc4ccccc34)c2=CCC1. The number of rotatable bonds is 7. The zero-order chi connectivity index (χ0) is 70.4. The van der Waals surface area contributed by atoms with E-state index in [0.29, 0.717) is 0 Å². The van der Waals surface area contributed by atoms with Crippen LogP contribution in [0.3, 0.4) is 0 Å². The summed E-state index contributed by atoms with van der Waals surface area (Å²) in [7, 11) is 0. The molecule has 0 saturated heterocycles. The van der Waals surface area contributed by atoms with Gasteiger partial charge in [0.05, 0.1) is 0 Å². The zero-order valence-corrected chi connectivity index (χ0v) is 60.0. The molecule has 0 spiro atoms.